The van der Waals surface area contributed by atoms with E-state index in [1.54, 1.807) is 0 Å². The van der Waals surface area contributed by atoms with Gasteiger partial charge in [-0.3, -0.25) is 0 Å². The summed E-state index contributed by atoms with van der Waals surface area (Å²) in [7, 11) is -0.284. The molecule has 0 rings (SSSR count). The third-order valence-electron chi connectivity index (χ3n) is 2.98. The van der Waals surface area contributed by atoms with Crippen LogP contribution in [0.15, 0.2) is 0 Å². The van der Waals surface area contributed by atoms with E-state index in [9.17, 15) is 0 Å². The summed E-state index contributed by atoms with van der Waals surface area (Å²) in [6.07, 6.45) is 0. The third kappa shape index (κ3) is 5.14. The second kappa shape index (κ2) is 6.66. The van der Waals surface area contributed by atoms with Crippen LogP contribution in [0.2, 0.25) is 0 Å². The van der Waals surface area contributed by atoms with Gasteiger partial charge in [-0.2, -0.15) is 0 Å². The summed E-state index contributed by atoms with van der Waals surface area (Å²) in [4.78, 5) is 0. The first-order chi connectivity index (χ1) is 6.77. The molecule has 92 valence electrons. The molecule has 0 saturated heterocycles. The summed E-state index contributed by atoms with van der Waals surface area (Å²) in [5.41, 5.74) is 0. The lowest BCUT2D eigenvalue weighted by atomic mass is 10.3. The van der Waals surface area contributed by atoms with Crippen LogP contribution in [0.1, 0.15) is 55.4 Å². The highest BCUT2D eigenvalue weighted by Crippen LogP contribution is 2.09. The van der Waals surface area contributed by atoms with Crippen LogP contribution in [0.3, 0.4) is 0 Å². The molecule has 15 heavy (non-hydrogen) atoms. The molecule has 0 amide bonds. The van der Waals surface area contributed by atoms with Crippen LogP contribution in [0.25, 0.3) is 0 Å². The predicted octanol–water partition coefficient (Wildman–Crippen LogP) is 2.22. The molecule has 0 aromatic rings. The van der Waals surface area contributed by atoms with Gasteiger partial charge in [0.2, 0.25) is 0 Å². The molecule has 0 aromatic heterocycles. The van der Waals surface area contributed by atoms with Crippen molar-refractivity contribution in [3.63, 3.8) is 0 Å². The molecule has 0 saturated carbocycles. The molecular weight excluding hydrogens is 200 g/mol. The molecule has 0 N–H and O–H groups in total. The second-order valence-electron chi connectivity index (χ2n) is 5.54. The van der Waals surface area contributed by atoms with Crippen LogP contribution in [-0.4, -0.2) is 43.1 Å². The summed E-state index contributed by atoms with van der Waals surface area (Å²) in [5, 5.41) is 0. The lowest BCUT2D eigenvalue weighted by Gasteiger charge is -2.39. The van der Waals surface area contributed by atoms with Crippen molar-refractivity contribution in [1.29, 1.82) is 0 Å². The van der Waals surface area contributed by atoms with E-state index < -0.39 is 0 Å². The van der Waals surface area contributed by atoms with Crippen LogP contribution in [0.4, 0.5) is 0 Å². The molecule has 2 nitrogen and oxygen atoms in total. The summed E-state index contributed by atoms with van der Waals surface area (Å²) < 4.78 is 5.36. The minimum absolute atomic E-state index is 0.284. The highest BCUT2D eigenvalue weighted by molar-refractivity contribution is 6.28. The van der Waals surface area contributed by atoms with Crippen LogP contribution >= 0.6 is 0 Å². The van der Waals surface area contributed by atoms with Gasteiger partial charge in [0, 0.05) is 0 Å². The molecule has 0 heterocycles. The lowest BCUT2D eigenvalue weighted by Crippen LogP contribution is -2.52. The molecule has 0 aliphatic heterocycles. The normalized spacial score (nSPS) is 13.2. The molecule has 0 aliphatic rings. The first kappa shape index (κ1) is 15.1. The van der Waals surface area contributed by atoms with Gasteiger partial charge in [0.1, 0.15) is 0 Å². The molecule has 0 aliphatic carbocycles. The maximum atomic E-state index is 2.68. The van der Waals surface area contributed by atoms with Gasteiger partial charge in [0.05, 0.1) is 0 Å². The molecule has 0 aromatic carbocycles. The molecule has 3 heteroatoms. The van der Waals surface area contributed by atoms with Crippen molar-refractivity contribution >= 4 is 9.84 Å². The number of nitrogens with zero attached hydrogens (tertiary/aromatic N) is 2. The van der Waals surface area contributed by atoms with Gasteiger partial charge in [-0.15, -0.1) is 0 Å². The summed E-state index contributed by atoms with van der Waals surface area (Å²) in [6.45, 7) is 18.5. The average Bonchev–Trinajstić information content (AvgIpc) is 2.01. The Kier molecular flexibility index (Phi) is 6.72. The highest BCUT2D eigenvalue weighted by atomic mass is 28.2. The topological polar surface area (TPSA) is 6.48 Å². The van der Waals surface area contributed by atoms with E-state index in [-0.39, 0.29) is 9.84 Å². The minimum atomic E-state index is -0.284. The third-order valence-corrected chi connectivity index (χ3v) is 6.55. The van der Waals surface area contributed by atoms with Crippen molar-refractivity contribution in [2.75, 3.05) is 0 Å². The Balaban J connectivity index is 4.48. The fraction of sp³-hybridized carbons (Fsp3) is 1.00. The van der Waals surface area contributed by atoms with Gasteiger partial charge >= 0.3 is 0 Å². The Morgan fingerprint density at radius 3 is 0.867 bits per heavy atom. The van der Waals surface area contributed by atoms with Crippen LogP contribution in [0, 0.1) is 0 Å². The van der Waals surface area contributed by atoms with E-state index in [4.69, 9.17) is 0 Å². The van der Waals surface area contributed by atoms with Crippen LogP contribution < -0.4 is 0 Å². The average molecular weight is 230 g/mol. The van der Waals surface area contributed by atoms with Gasteiger partial charge in [-0.05, 0) is 24.2 Å². The van der Waals surface area contributed by atoms with E-state index in [1.165, 1.54) is 0 Å². The van der Waals surface area contributed by atoms with E-state index in [0.717, 1.165) is 0 Å². The summed E-state index contributed by atoms with van der Waals surface area (Å²) in [6, 6.07) is 2.71. The van der Waals surface area contributed by atoms with Crippen molar-refractivity contribution in [3.8, 4) is 0 Å². The first-order valence-electron chi connectivity index (χ1n) is 6.28. The number of hydrogen-bond donors (Lipinski definition) is 0. The molecule has 0 bridgehead atoms. The fourth-order valence-electron chi connectivity index (χ4n) is 2.03. The zero-order valence-electron chi connectivity index (χ0n) is 11.9. The van der Waals surface area contributed by atoms with E-state index in [0.29, 0.717) is 24.2 Å². The summed E-state index contributed by atoms with van der Waals surface area (Å²) >= 11 is 0. The molecule has 0 spiro atoms. The van der Waals surface area contributed by atoms with Gasteiger partial charge in [-0.25, -0.2) is 0 Å². The second-order valence-corrected chi connectivity index (χ2v) is 7.29. The number of hydrogen-bond acceptors (Lipinski definition) is 2. The van der Waals surface area contributed by atoms with Gasteiger partial charge in [0.25, 0.3) is 0 Å². The largest absolute Gasteiger partial charge is 0.312 e. The van der Waals surface area contributed by atoms with Crippen molar-refractivity contribution < 1.29 is 0 Å². The van der Waals surface area contributed by atoms with Crippen LogP contribution in [-0.2, 0) is 0 Å². The zero-order valence-corrected chi connectivity index (χ0v) is 13.3. The fourth-order valence-corrected chi connectivity index (χ4v) is 3.72. The van der Waals surface area contributed by atoms with E-state index in [1.807, 2.05) is 0 Å². The smallest absolute Gasteiger partial charge is 0.173 e. The highest BCUT2D eigenvalue weighted by Gasteiger charge is 2.21. The lowest BCUT2D eigenvalue weighted by molar-refractivity contribution is 0.238. The first-order valence-corrected chi connectivity index (χ1v) is 7.55. The quantitative estimate of drug-likeness (QED) is 0.646. The van der Waals surface area contributed by atoms with Gasteiger partial charge in [-0.1, -0.05) is 55.4 Å². The predicted molar refractivity (Wildman–Crippen MR) is 72.8 cm³/mol. The van der Waals surface area contributed by atoms with Crippen LogP contribution in [0.5, 0.6) is 0 Å². The van der Waals surface area contributed by atoms with Crippen molar-refractivity contribution in [3.05, 3.63) is 0 Å². The maximum Gasteiger partial charge on any atom is 0.173 e. The minimum Gasteiger partial charge on any atom is -0.312 e. The van der Waals surface area contributed by atoms with Crippen molar-refractivity contribution in [2.24, 2.45) is 0 Å². The standard InChI is InChI=1S/C12H30N2Si/c1-9(2)13(10(3)4)15-14(11(5)6)12(7)8/h9-12H,15H2,1-8H3. The SMILES string of the molecule is CC(C)N([SiH2]N(C(C)C)C(C)C)C(C)C. The Morgan fingerprint density at radius 2 is 0.733 bits per heavy atom. The Hall–Kier alpha value is 0.137. The van der Waals surface area contributed by atoms with E-state index >= 15 is 0 Å². The van der Waals surface area contributed by atoms with Gasteiger partial charge < -0.3 is 9.13 Å². The van der Waals surface area contributed by atoms with Crippen molar-refractivity contribution in [1.82, 2.24) is 9.13 Å². The Labute approximate surface area is 99.0 Å². The molecule has 0 fully saturated rings. The maximum absolute atomic E-state index is 2.68. The number of rotatable bonds is 6. The summed E-state index contributed by atoms with van der Waals surface area (Å²) in [5.74, 6) is 0. The van der Waals surface area contributed by atoms with Gasteiger partial charge in [0.15, 0.2) is 9.84 Å². The monoisotopic (exact) mass is 230 g/mol. The molecule has 0 unspecified atom stereocenters. The van der Waals surface area contributed by atoms with Crippen molar-refractivity contribution in [2.45, 2.75) is 79.6 Å². The zero-order chi connectivity index (χ0) is 12.2. The Bertz CT molecular complexity index is 133. The Morgan fingerprint density at radius 1 is 0.533 bits per heavy atom. The molecule has 0 atom stereocenters. The molecular formula is C12H30N2Si. The van der Waals surface area contributed by atoms with E-state index in [2.05, 4.69) is 64.5 Å². The molecule has 0 radical (unpaired) electrons.